The SMILES string of the molecule is COC(=O)c1sccc1NC(=O)[C@@H]1CCCC[C@H]1C(=O)[O-]. The fraction of sp³-hybridized carbons (Fsp3) is 0.500. The zero-order valence-corrected chi connectivity index (χ0v) is 12.4. The first-order chi connectivity index (χ1) is 10.0. The van der Waals surface area contributed by atoms with Crippen molar-refractivity contribution in [3.05, 3.63) is 16.3 Å². The maximum Gasteiger partial charge on any atom is 0.350 e. The Morgan fingerprint density at radius 3 is 2.57 bits per heavy atom. The molecule has 0 unspecified atom stereocenters. The van der Waals surface area contributed by atoms with Gasteiger partial charge in [-0.1, -0.05) is 12.8 Å². The van der Waals surface area contributed by atoms with Crippen molar-refractivity contribution in [1.29, 1.82) is 0 Å². The predicted molar refractivity (Wildman–Crippen MR) is 74.7 cm³/mol. The van der Waals surface area contributed by atoms with Gasteiger partial charge in [-0.2, -0.15) is 0 Å². The lowest BCUT2D eigenvalue weighted by atomic mass is 9.78. The maximum atomic E-state index is 12.3. The number of carbonyl (C=O) groups excluding carboxylic acids is 3. The molecule has 0 radical (unpaired) electrons. The van der Waals surface area contributed by atoms with Crippen LogP contribution in [0.4, 0.5) is 5.69 Å². The topological polar surface area (TPSA) is 95.5 Å². The number of carboxylic acid groups (broad SMARTS) is 1. The lowest BCUT2D eigenvalue weighted by molar-refractivity contribution is -0.313. The number of hydrogen-bond acceptors (Lipinski definition) is 6. The van der Waals surface area contributed by atoms with Crippen molar-refractivity contribution in [2.45, 2.75) is 25.7 Å². The van der Waals surface area contributed by atoms with Gasteiger partial charge < -0.3 is 20.0 Å². The van der Waals surface area contributed by atoms with Gasteiger partial charge in [0, 0.05) is 17.8 Å². The summed E-state index contributed by atoms with van der Waals surface area (Å²) < 4.78 is 4.64. The van der Waals surface area contributed by atoms with E-state index in [2.05, 4.69) is 10.1 Å². The molecular weight excluding hydrogens is 294 g/mol. The Morgan fingerprint density at radius 1 is 1.29 bits per heavy atom. The van der Waals surface area contributed by atoms with Gasteiger partial charge in [-0.05, 0) is 24.3 Å². The van der Waals surface area contributed by atoms with E-state index in [1.54, 1.807) is 11.4 Å². The van der Waals surface area contributed by atoms with E-state index in [1.165, 1.54) is 7.11 Å². The first kappa shape index (κ1) is 15.5. The zero-order valence-electron chi connectivity index (χ0n) is 11.6. The van der Waals surface area contributed by atoms with Gasteiger partial charge in [0.05, 0.1) is 12.8 Å². The van der Waals surface area contributed by atoms with E-state index in [1.807, 2.05) is 0 Å². The van der Waals surface area contributed by atoms with Crippen LogP contribution in [-0.4, -0.2) is 25.0 Å². The van der Waals surface area contributed by atoms with E-state index < -0.39 is 23.8 Å². The molecule has 0 aromatic carbocycles. The summed E-state index contributed by atoms with van der Waals surface area (Å²) in [4.78, 5) is 35.3. The number of carboxylic acids is 1. The van der Waals surface area contributed by atoms with Crippen LogP contribution in [0.1, 0.15) is 35.4 Å². The summed E-state index contributed by atoms with van der Waals surface area (Å²) in [5.41, 5.74) is 0.361. The van der Waals surface area contributed by atoms with Gasteiger partial charge in [0.1, 0.15) is 4.88 Å². The average molecular weight is 310 g/mol. The van der Waals surface area contributed by atoms with Crippen molar-refractivity contribution in [1.82, 2.24) is 0 Å². The Labute approximate surface area is 126 Å². The van der Waals surface area contributed by atoms with Gasteiger partial charge in [0.15, 0.2) is 0 Å². The van der Waals surface area contributed by atoms with E-state index in [0.29, 0.717) is 23.4 Å². The largest absolute Gasteiger partial charge is 0.550 e. The van der Waals surface area contributed by atoms with Crippen LogP contribution in [0.3, 0.4) is 0 Å². The van der Waals surface area contributed by atoms with Gasteiger partial charge in [-0.3, -0.25) is 4.79 Å². The third-order valence-electron chi connectivity index (χ3n) is 3.70. The molecule has 1 aromatic rings. The number of hydrogen-bond donors (Lipinski definition) is 1. The highest BCUT2D eigenvalue weighted by Gasteiger charge is 2.32. The highest BCUT2D eigenvalue weighted by Crippen LogP contribution is 2.32. The number of thiophene rings is 1. The second-order valence-electron chi connectivity index (χ2n) is 4.96. The number of methoxy groups -OCH3 is 1. The van der Waals surface area contributed by atoms with Crippen molar-refractivity contribution in [2.75, 3.05) is 12.4 Å². The average Bonchev–Trinajstić information content (AvgIpc) is 2.94. The van der Waals surface area contributed by atoms with Gasteiger partial charge in [-0.25, -0.2) is 4.79 Å². The molecule has 0 bridgehead atoms. The Kier molecular flexibility index (Phi) is 4.95. The minimum Gasteiger partial charge on any atom is -0.550 e. The summed E-state index contributed by atoms with van der Waals surface area (Å²) in [5.74, 6) is -3.48. The lowest BCUT2D eigenvalue weighted by Crippen LogP contribution is -2.42. The third kappa shape index (κ3) is 3.41. The summed E-state index contributed by atoms with van der Waals surface area (Å²) in [5, 5.41) is 15.4. The molecule has 1 aromatic heterocycles. The van der Waals surface area contributed by atoms with Crippen LogP contribution in [0, 0.1) is 11.8 Å². The molecule has 1 fully saturated rings. The molecule has 2 atom stereocenters. The molecule has 1 N–H and O–H groups in total. The second-order valence-corrected chi connectivity index (χ2v) is 5.88. The van der Waals surface area contributed by atoms with Crippen molar-refractivity contribution in [3.8, 4) is 0 Å². The molecule has 1 heterocycles. The fourth-order valence-electron chi connectivity index (χ4n) is 2.61. The molecule has 1 saturated carbocycles. The zero-order chi connectivity index (χ0) is 15.4. The van der Waals surface area contributed by atoms with Gasteiger partial charge in [0.25, 0.3) is 0 Å². The number of amides is 1. The number of ether oxygens (including phenoxy) is 1. The molecule has 21 heavy (non-hydrogen) atoms. The Balaban J connectivity index is 2.12. The molecule has 0 saturated heterocycles. The molecule has 114 valence electrons. The minimum atomic E-state index is -1.19. The Hall–Kier alpha value is -1.89. The number of aliphatic carboxylic acids is 1. The van der Waals surface area contributed by atoms with E-state index >= 15 is 0 Å². The molecule has 1 aliphatic rings. The Morgan fingerprint density at radius 2 is 1.95 bits per heavy atom. The number of anilines is 1. The smallest absolute Gasteiger partial charge is 0.350 e. The highest BCUT2D eigenvalue weighted by molar-refractivity contribution is 7.12. The van der Waals surface area contributed by atoms with Crippen molar-refractivity contribution in [2.24, 2.45) is 11.8 Å². The van der Waals surface area contributed by atoms with Crippen LogP contribution in [0.2, 0.25) is 0 Å². The molecule has 0 spiro atoms. The van der Waals surface area contributed by atoms with Gasteiger partial charge in [0.2, 0.25) is 5.91 Å². The monoisotopic (exact) mass is 310 g/mol. The Bertz CT molecular complexity index is 553. The van der Waals surface area contributed by atoms with Crippen LogP contribution >= 0.6 is 11.3 Å². The first-order valence-corrected chi connectivity index (χ1v) is 7.60. The predicted octanol–water partition coefficient (Wildman–Crippen LogP) is 1.03. The molecule has 0 aliphatic heterocycles. The quantitative estimate of drug-likeness (QED) is 0.838. The normalized spacial score (nSPS) is 21.6. The lowest BCUT2D eigenvalue weighted by Gasteiger charge is -2.31. The maximum absolute atomic E-state index is 12.3. The molecular formula is C14H16NO5S-. The standard InChI is InChI=1S/C14H17NO5S/c1-20-14(19)11-10(6-7-21-11)15-12(16)8-4-2-3-5-9(8)13(17)18/h6-9H,2-5H2,1H3,(H,15,16)(H,17,18)/p-1/t8-,9-/m1/s1. The molecule has 7 heteroatoms. The first-order valence-electron chi connectivity index (χ1n) is 6.72. The fourth-order valence-corrected chi connectivity index (χ4v) is 3.38. The summed E-state index contributed by atoms with van der Waals surface area (Å²) >= 11 is 1.16. The molecule has 1 amide bonds. The van der Waals surface area contributed by atoms with Crippen LogP contribution in [0.5, 0.6) is 0 Å². The molecule has 2 rings (SSSR count). The van der Waals surface area contributed by atoms with Crippen LogP contribution in [-0.2, 0) is 14.3 Å². The van der Waals surface area contributed by atoms with Crippen molar-refractivity contribution < 1.29 is 24.2 Å². The van der Waals surface area contributed by atoms with Crippen molar-refractivity contribution in [3.63, 3.8) is 0 Å². The summed E-state index contributed by atoms with van der Waals surface area (Å²) in [6.07, 6.45) is 2.57. The summed E-state index contributed by atoms with van der Waals surface area (Å²) in [6.45, 7) is 0. The van der Waals surface area contributed by atoms with E-state index in [-0.39, 0.29) is 5.91 Å². The van der Waals surface area contributed by atoms with E-state index in [0.717, 1.165) is 24.2 Å². The van der Waals surface area contributed by atoms with Crippen LogP contribution < -0.4 is 10.4 Å². The van der Waals surface area contributed by atoms with Crippen LogP contribution in [0.25, 0.3) is 0 Å². The minimum absolute atomic E-state index is 0.298. The highest BCUT2D eigenvalue weighted by atomic mass is 32.1. The van der Waals surface area contributed by atoms with Crippen LogP contribution in [0.15, 0.2) is 11.4 Å². The van der Waals surface area contributed by atoms with E-state index in [9.17, 15) is 19.5 Å². The van der Waals surface area contributed by atoms with E-state index in [4.69, 9.17) is 0 Å². The van der Waals surface area contributed by atoms with Crippen molar-refractivity contribution >= 4 is 34.9 Å². The molecule has 1 aliphatic carbocycles. The summed E-state index contributed by atoms with van der Waals surface area (Å²) in [6, 6.07) is 1.60. The number of carbonyl (C=O) groups is 3. The summed E-state index contributed by atoms with van der Waals surface area (Å²) in [7, 11) is 1.26. The van der Waals surface area contributed by atoms with Gasteiger partial charge >= 0.3 is 5.97 Å². The molecule has 6 nitrogen and oxygen atoms in total. The number of nitrogens with one attached hydrogen (secondary N) is 1. The number of esters is 1. The second kappa shape index (κ2) is 6.71. The number of rotatable bonds is 4. The third-order valence-corrected chi connectivity index (χ3v) is 4.59. The van der Waals surface area contributed by atoms with Gasteiger partial charge in [-0.15, -0.1) is 11.3 Å².